The lowest BCUT2D eigenvalue weighted by atomic mass is 10.2. The molecule has 0 amide bonds. The molecule has 0 saturated carbocycles. The molecule has 1 aliphatic rings. The molecule has 0 aliphatic carbocycles. The van der Waals surface area contributed by atoms with Crippen LogP contribution in [0.25, 0.3) is 0 Å². The smallest absolute Gasteiger partial charge is 0.187 e. The summed E-state index contributed by atoms with van der Waals surface area (Å²) in [4.78, 5) is 18.5. The maximum atomic E-state index is 10.9. The second-order valence-electron chi connectivity index (χ2n) is 2.06. The molecule has 10 heavy (non-hydrogen) atoms. The Balaban J connectivity index is 2.61. The van der Waals surface area contributed by atoms with Crippen LogP contribution in [0.4, 0.5) is 5.82 Å². The SMILES string of the molecule is O=C1CNc2ncncc21. The summed E-state index contributed by atoms with van der Waals surface area (Å²) in [5, 5.41) is 2.85. The number of hydrogen-bond donors (Lipinski definition) is 1. The van der Waals surface area contributed by atoms with Crippen molar-refractivity contribution in [2.24, 2.45) is 0 Å². The second-order valence-corrected chi connectivity index (χ2v) is 2.06. The third kappa shape index (κ3) is 0.586. The van der Waals surface area contributed by atoms with E-state index >= 15 is 0 Å². The van der Waals surface area contributed by atoms with E-state index in [1.807, 2.05) is 0 Å². The summed E-state index contributed by atoms with van der Waals surface area (Å²) in [5.41, 5.74) is 0.600. The van der Waals surface area contributed by atoms with Crippen molar-refractivity contribution in [3.8, 4) is 0 Å². The van der Waals surface area contributed by atoms with Crippen molar-refractivity contribution in [3.05, 3.63) is 18.1 Å². The van der Waals surface area contributed by atoms with Gasteiger partial charge in [0.25, 0.3) is 0 Å². The Morgan fingerprint density at radius 3 is 3.30 bits per heavy atom. The van der Waals surface area contributed by atoms with Gasteiger partial charge in [-0.25, -0.2) is 9.97 Å². The van der Waals surface area contributed by atoms with Crippen LogP contribution in [0, 0.1) is 0 Å². The van der Waals surface area contributed by atoms with Crippen LogP contribution < -0.4 is 5.32 Å². The summed E-state index contributed by atoms with van der Waals surface area (Å²) in [7, 11) is 0. The summed E-state index contributed by atoms with van der Waals surface area (Å²) < 4.78 is 0. The molecule has 0 atom stereocenters. The van der Waals surface area contributed by atoms with E-state index in [0.717, 1.165) is 0 Å². The zero-order valence-electron chi connectivity index (χ0n) is 5.16. The van der Waals surface area contributed by atoms with Gasteiger partial charge in [0, 0.05) is 6.20 Å². The minimum absolute atomic E-state index is 0.0654. The van der Waals surface area contributed by atoms with Gasteiger partial charge in [0.05, 0.1) is 12.1 Å². The normalized spacial score (nSPS) is 14.6. The number of nitrogens with one attached hydrogen (secondary N) is 1. The topological polar surface area (TPSA) is 54.9 Å². The number of Topliss-reactive ketones (excluding diaryl/α,β-unsaturated/α-hetero) is 1. The van der Waals surface area contributed by atoms with E-state index in [4.69, 9.17) is 0 Å². The van der Waals surface area contributed by atoms with E-state index in [1.165, 1.54) is 12.5 Å². The molecule has 1 aromatic heterocycles. The van der Waals surface area contributed by atoms with E-state index in [1.54, 1.807) is 0 Å². The number of hydrogen-bond acceptors (Lipinski definition) is 4. The third-order valence-corrected chi connectivity index (χ3v) is 1.43. The molecule has 0 bridgehead atoms. The Kier molecular flexibility index (Phi) is 0.943. The van der Waals surface area contributed by atoms with Crippen LogP contribution in [-0.4, -0.2) is 22.3 Å². The summed E-state index contributed by atoms with van der Waals surface area (Å²) in [6.07, 6.45) is 2.95. The summed E-state index contributed by atoms with van der Waals surface area (Å²) in [5.74, 6) is 0.718. The van der Waals surface area contributed by atoms with Gasteiger partial charge in [-0.2, -0.15) is 0 Å². The molecule has 2 heterocycles. The number of anilines is 1. The fourth-order valence-corrected chi connectivity index (χ4v) is 0.934. The zero-order valence-corrected chi connectivity index (χ0v) is 5.16. The van der Waals surface area contributed by atoms with Gasteiger partial charge < -0.3 is 5.32 Å². The van der Waals surface area contributed by atoms with Crippen LogP contribution >= 0.6 is 0 Å². The number of carbonyl (C=O) groups excluding carboxylic acids is 1. The standard InChI is InChI=1S/C6H5N3O/c10-5-2-8-6-4(5)1-7-3-9-6/h1,3H,2H2,(H,7,8,9). The molecule has 1 aliphatic heterocycles. The van der Waals surface area contributed by atoms with Gasteiger partial charge >= 0.3 is 0 Å². The molecule has 0 unspecified atom stereocenters. The van der Waals surface area contributed by atoms with Crippen molar-refractivity contribution in [2.45, 2.75) is 0 Å². The maximum absolute atomic E-state index is 10.9. The number of rotatable bonds is 0. The molecule has 4 heteroatoms. The van der Waals surface area contributed by atoms with Gasteiger partial charge in [0.15, 0.2) is 5.78 Å². The Bertz CT molecular complexity index is 284. The summed E-state index contributed by atoms with van der Waals surface area (Å²) in [6.45, 7) is 0.355. The highest BCUT2D eigenvalue weighted by Gasteiger charge is 2.18. The number of carbonyl (C=O) groups is 1. The van der Waals surface area contributed by atoms with Crippen LogP contribution in [0.1, 0.15) is 10.4 Å². The van der Waals surface area contributed by atoms with Crippen LogP contribution in [0.5, 0.6) is 0 Å². The fraction of sp³-hybridized carbons (Fsp3) is 0.167. The van der Waals surface area contributed by atoms with Gasteiger partial charge in [-0.05, 0) is 0 Å². The fourth-order valence-electron chi connectivity index (χ4n) is 0.934. The first kappa shape index (κ1) is 5.34. The van der Waals surface area contributed by atoms with Crippen LogP contribution in [0.15, 0.2) is 12.5 Å². The minimum atomic E-state index is 0.0654. The van der Waals surface area contributed by atoms with Gasteiger partial charge in [-0.15, -0.1) is 0 Å². The van der Waals surface area contributed by atoms with Crippen molar-refractivity contribution >= 4 is 11.6 Å². The highest BCUT2D eigenvalue weighted by Crippen LogP contribution is 2.15. The van der Waals surface area contributed by atoms with Gasteiger partial charge in [0.2, 0.25) is 0 Å². The first-order chi connectivity index (χ1) is 4.88. The average Bonchev–Trinajstić information content (AvgIpc) is 2.34. The predicted molar refractivity (Wildman–Crippen MR) is 34.9 cm³/mol. The zero-order chi connectivity index (χ0) is 6.97. The lowest BCUT2D eigenvalue weighted by Crippen LogP contribution is -2.00. The van der Waals surface area contributed by atoms with Gasteiger partial charge in [-0.3, -0.25) is 4.79 Å². The number of fused-ring (bicyclic) bond motifs is 1. The first-order valence-electron chi connectivity index (χ1n) is 2.95. The van der Waals surface area contributed by atoms with E-state index < -0.39 is 0 Å². The van der Waals surface area contributed by atoms with E-state index in [9.17, 15) is 4.79 Å². The molecule has 0 radical (unpaired) electrons. The molecule has 4 nitrogen and oxygen atoms in total. The summed E-state index contributed by atoms with van der Waals surface area (Å²) in [6, 6.07) is 0. The molecule has 0 spiro atoms. The molecule has 1 aromatic rings. The average molecular weight is 135 g/mol. The van der Waals surface area contributed by atoms with Crippen LogP contribution in [-0.2, 0) is 0 Å². The second kappa shape index (κ2) is 1.76. The quantitative estimate of drug-likeness (QED) is 0.547. The molecular weight excluding hydrogens is 130 g/mol. The number of aromatic nitrogens is 2. The largest absolute Gasteiger partial charge is 0.362 e. The first-order valence-corrected chi connectivity index (χ1v) is 2.95. The Morgan fingerprint density at radius 1 is 1.60 bits per heavy atom. The third-order valence-electron chi connectivity index (χ3n) is 1.43. The van der Waals surface area contributed by atoms with Crippen LogP contribution in [0.3, 0.4) is 0 Å². The van der Waals surface area contributed by atoms with E-state index in [0.29, 0.717) is 17.9 Å². The molecule has 0 aromatic carbocycles. The highest BCUT2D eigenvalue weighted by atomic mass is 16.1. The number of nitrogens with zero attached hydrogens (tertiary/aromatic N) is 2. The Morgan fingerprint density at radius 2 is 2.50 bits per heavy atom. The Labute approximate surface area is 57.3 Å². The molecule has 0 saturated heterocycles. The molecule has 0 fully saturated rings. The minimum Gasteiger partial charge on any atom is -0.362 e. The van der Waals surface area contributed by atoms with Crippen molar-refractivity contribution in [1.29, 1.82) is 0 Å². The lowest BCUT2D eigenvalue weighted by Gasteiger charge is -1.91. The lowest BCUT2D eigenvalue weighted by molar-refractivity contribution is 0.101. The predicted octanol–water partition coefficient (Wildman–Crippen LogP) is 0.0848. The molecular formula is C6H5N3O. The van der Waals surface area contributed by atoms with Crippen molar-refractivity contribution in [2.75, 3.05) is 11.9 Å². The van der Waals surface area contributed by atoms with Crippen molar-refractivity contribution in [3.63, 3.8) is 0 Å². The maximum Gasteiger partial charge on any atom is 0.187 e. The molecule has 1 N–H and O–H groups in total. The van der Waals surface area contributed by atoms with Gasteiger partial charge in [0.1, 0.15) is 12.1 Å². The van der Waals surface area contributed by atoms with Crippen LogP contribution in [0.2, 0.25) is 0 Å². The molecule has 2 rings (SSSR count). The monoisotopic (exact) mass is 135 g/mol. The van der Waals surface area contributed by atoms with E-state index in [-0.39, 0.29) is 5.78 Å². The molecule has 50 valence electrons. The Hall–Kier alpha value is -1.45. The van der Waals surface area contributed by atoms with Crippen molar-refractivity contribution in [1.82, 2.24) is 9.97 Å². The van der Waals surface area contributed by atoms with E-state index in [2.05, 4.69) is 15.3 Å². The number of ketones is 1. The highest BCUT2D eigenvalue weighted by molar-refractivity contribution is 6.06. The summed E-state index contributed by atoms with van der Waals surface area (Å²) >= 11 is 0. The van der Waals surface area contributed by atoms with Crippen molar-refractivity contribution < 1.29 is 4.79 Å². The van der Waals surface area contributed by atoms with Gasteiger partial charge in [-0.1, -0.05) is 0 Å².